The minimum absolute atomic E-state index is 0.0244. The van der Waals surface area contributed by atoms with Gasteiger partial charge in [-0.1, -0.05) is 0 Å². The molecule has 1 aromatic heterocycles. The van der Waals surface area contributed by atoms with Crippen molar-refractivity contribution >= 4 is 11.8 Å². The number of amides is 2. The molecule has 1 aliphatic heterocycles. The Morgan fingerprint density at radius 2 is 2.20 bits per heavy atom. The molecule has 0 bridgehead atoms. The van der Waals surface area contributed by atoms with E-state index in [1.807, 2.05) is 12.1 Å². The van der Waals surface area contributed by atoms with E-state index in [9.17, 15) is 9.59 Å². The molecule has 1 saturated carbocycles. The Hall–Kier alpha value is -1.78. The zero-order chi connectivity index (χ0) is 13.9. The zero-order valence-electron chi connectivity index (χ0n) is 11.5. The minimum atomic E-state index is -0.264. The van der Waals surface area contributed by atoms with Crippen molar-refractivity contribution in [3.05, 3.63) is 24.2 Å². The summed E-state index contributed by atoms with van der Waals surface area (Å²) < 4.78 is 5.23. The molecule has 2 heterocycles. The van der Waals surface area contributed by atoms with Crippen LogP contribution in [0.5, 0.6) is 0 Å². The summed E-state index contributed by atoms with van der Waals surface area (Å²) in [6, 6.07) is 3.78. The molecule has 5 heteroatoms. The highest BCUT2D eigenvalue weighted by Gasteiger charge is 2.36. The van der Waals surface area contributed by atoms with Crippen molar-refractivity contribution in [3.8, 4) is 0 Å². The van der Waals surface area contributed by atoms with Gasteiger partial charge in [-0.2, -0.15) is 0 Å². The fraction of sp³-hybridized carbons (Fsp3) is 0.600. The van der Waals surface area contributed by atoms with E-state index in [1.54, 1.807) is 11.2 Å². The van der Waals surface area contributed by atoms with Crippen LogP contribution in [0, 0.1) is 0 Å². The average Bonchev–Trinajstić information content (AvgIpc) is 2.98. The number of carbonyl (C=O) groups excluding carboxylic acids is 2. The molecule has 0 spiro atoms. The quantitative estimate of drug-likeness (QED) is 0.886. The molecule has 0 unspecified atom stereocenters. The Morgan fingerprint density at radius 1 is 1.35 bits per heavy atom. The molecule has 1 aliphatic carbocycles. The van der Waals surface area contributed by atoms with Crippen LogP contribution in [0.4, 0.5) is 0 Å². The highest BCUT2D eigenvalue weighted by atomic mass is 16.3. The highest BCUT2D eigenvalue weighted by Crippen LogP contribution is 2.23. The molecule has 5 nitrogen and oxygen atoms in total. The Morgan fingerprint density at radius 3 is 2.90 bits per heavy atom. The van der Waals surface area contributed by atoms with Crippen LogP contribution in [0.15, 0.2) is 22.8 Å². The summed E-state index contributed by atoms with van der Waals surface area (Å²) in [5.74, 6) is 0.891. The Bertz CT molecular complexity index is 479. The first kappa shape index (κ1) is 13.2. The standard InChI is InChI=1S/C15H20N2O3/c18-14(8-7-12-3-2-10-20-12)17-9-1-4-13(17)15(19)16-11-5-6-11/h2-3,10-11,13H,1,4-9H2,(H,16,19)/t13-/m1/s1. The van der Waals surface area contributed by atoms with E-state index in [2.05, 4.69) is 5.32 Å². The summed E-state index contributed by atoms with van der Waals surface area (Å²) in [6.45, 7) is 0.694. The molecular weight excluding hydrogens is 256 g/mol. The monoisotopic (exact) mass is 276 g/mol. The maximum absolute atomic E-state index is 12.3. The Balaban J connectivity index is 1.53. The molecule has 3 rings (SSSR count). The van der Waals surface area contributed by atoms with Crippen molar-refractivity contribution < 1.29 is 14.0 Å². The summed E-state index contributed by atoms with van der Waals surface area (Å²) in [5.41, 5.74) is 0. The number of nitrogens with one attached hydrogen (secondary N) is 1. The number of furan rings is 1. The van der Waals surface area contributed by atoms with Crippen LogP contribution in [0.25, 0.3) is 0 Å². The first-order valence-electron chi connectivity index (χ1n) is 7.36. The van der Waals surface area contributed by atoms with E-state index in [0.29, 0.717) is 25.4 Å². The number of hydrogen-bond acceptors (Lipinski definition) is 3. The van der Waals surface area contributed by atoms with Gasteiger partial charge in [0.2, 0.25) is 11.8 Å². The fourth-order valence-corrected chi connectivity index (χ4v) is 2.69. The largest absolute Gasteiger partial charge is 0.469 e. The molecule has 20 heavy (non-hydrogen) atoms. The molecule has 108 valence electrons. The van der Waals surface area contributed by atoms with Crippen molar-refractivity contribution in [1.29, 1.82) is 0 Å². The zero-order valence-corrected chi connectivity index (χ0v) is 11.5. The number of hydrogen-bond donors (Lipinski definition) is 1. The lowest BCUT2D eigenvalue weighted by Gasteiger charge is -2.23. The van der Waals surface area contributed by atoms with E-state index >= 15 is 0 Å². The van der Waals surface area contributed by atoms with Gasteiger partial charge in [0, 0.05) is 25.4 Å². The van der Waals surface area contributed by atoms with Gasteiger partial charge < -0.3 is 14.6 Å². The van der Waals surface area contributed by atoms with E-state index in [0.717, 1.165) is 31.4 Å². The lowest BCUT2D eigenvalue weighted by molar-refractivity contribution is -0.138. The Labute approximate surface area is 118 Å². The van der Waals surface area contributed by atoms with Crippen molar-refractivity contribution in [1.82, 2.24) is 10.2 Å². The topological polar surface area (TPSA) is 62.6 Å². The SMILES string of the molecule is O=C(NC1CC1)[C@H]1CCCN1C(=O)CCc1ccco1. The molecule has 1 atom stereocenters. The predicted octanol–water partition coefficient (Wildman–Crippen LogP) is 1.48. The van der Waals surface area contributed by atoms with E-state index in [1.165, 1.54) is 0 Å². The molecule has 2 fully saturated rings. The van der Waals surface area contributed by atoms with Gasteiger partial charge in [-0.05, 0) is 37.8 Å². The molecule has 2 aliphatic rings. The number of nitrogens with zero attached hydrogens (tertiary/aromatic N) is 1. The van der Waals surface area contributed by atoms with Crippen LogP contribution in [-0.2, 0) is 16.0 Å². The smallest absolute Gasteiger partial charge is 0.243 e. The number of rotatable bonds is 5. The van der Waals surface area contributed by atoms with Crippen LogP contribution < -0.4 is 5.32 Å². The van der Waals surface area contributed by atoms with Crippen LogP contribution in [-0.4, -0.2) is 35.3 Å². The minimum Gasteiger partial charge on any atom is -0.469 e. The predicted molar refractivity (Wildman–Crippen MR) is 72.9 cm³/mol. The first-order valence-corrected chi connectivity index (χ1v) is 7.36. The van der Waals surface area contributed by atoms with E-state index < -0.39 is 0 Å². The van der Waals surface area contributed by atoms with Gasteiger partial charge in [0.1, 0.15) is 11.8 Å². The van der Waals surface area contributed by atoms with Crippen molar-refractivity contribution in [2.45, 2.75) is 50.6 Å². The summed E-state index contributed by atoms with van der Waals surface area (Å²) in [4.78, 5) is 26.1. The van der Waals surface area contributed by atoms with Crippen molar-refractivity contribution in [2.75, 3.05) is 6.54 Å². The lowest BCUT2D eigenvalue weighted by Crippen LogP contribution is -2.46. The van der Waals surface area contributed by atoms with Gasteiger partial charge in [-0.3, -0.25) is 9.59 Å². The molecule has 1 saturated heterocycles. The van der Waals surface area contributed by atoms with Gasteiger partial charge in [0.15, 0.2) is 0 Å². The molecule has 0 aromatic carbocycles. The van der Waals surface area contributed by atoms with Crippen LogP contribution >= 0.6 is 0 Å². The first-order chi connectivity index (χ1) is 9.74. The van der Waals surface area contributed by atoms with Crippen LogP contribution in [0.3, 0.4) is 0 Å². The second-order valence-corrected chi connectivity index (χ2v) is 5.61. The number of likely N-dealkylation sites (tertiary alicyclic amines) is 1. The highest BCUT2D eigenvalue weighted by molar-refractivity contribution is 5.88. The average molecular weight is 276 g/mol. The third-order valence-corrected chi connectivity index (χ3v) is 3.96. The third kappa shape index (κ3) is 3.03. The summed E-state index contributed by atoms with van der Waals surface area (Å²) in [7, 11) is 0. The molecular formula is C15H20N2O3. The summed E-state index contributed by atoms with van der Waals surface area (Å²) in [5, 5.41) is 3.00. The van der Waals surface area contributed by atoms with Gasteiger partial charge in [-0.15, -0.1) is 0 Å². The maximum atomic E-state index is 12.3. The molecule has 1 aromatic rings. The maximum Gasteiger partial charge on any atom is 0.243 e. The van der Waals surface area contributed by atoms with Crippen molar-refractivity contribution in [2.24, 2.45) is 0 Å². The van der Waals surface area contributed by atoms with Gasteiger partial charge in [0.05, 0.1) is 6.26 Å². The summed E-state index contributed by atoms with van der Waals surface area (Å²) >= 11 is 0. The van der Waals surface area contributed by atoms with Crippen LogP contribution in [0.1, 0.15) is 37.9 Å². The normalized spacial score (nSPS) is 22.0. The van der Waals surface area contributed by atoms with E-state index in [4.69, 9.17) is 4.42 Å². The second kappa shape index (κ2) is 5.69. The third-order valence-electron chi connectivity index (χ3n) is 3.96. The van der Waals surface area contributed by atoms with Crippen molar-refractivity contribution in [3.63, 3.8) is 0 Å². The van der Waals surface area contributed by atoms with Gasteiger partial charge in [0.25, 0.3) is 0 Å². The molecule has 0 radical (unpaired) electrons. The van der Waals surface area contributed by atoms with Gasteiger partial charge in [-0.25, -0.2) is 0 Å². The van der Waals surface area contributed by atoms with Gasteiger partial charge >= 0.3 is 0 Å². The molecule has 1 N–H and O–H groups in total. The fourth-order valence-electron chi connectivity index (χ4n) is 2.69. The van der Waals surface area contributed by atoms with Crippen LogP contribution in [0.2, 0.25) is 0 Å². The summed E-state index contributed by atoms with van der Waals surface area (Å²) in [6.07, 6.45) is 6.46. The molecule has 2 amide bonds. The number of carbonyl (C=O) groups is 2. The second-order valence-electron chi connectivity index (χ2n) is 5.61. The lowest BCUT2D eigenvalue weighted by atomic mass is 10.2. The number of aryl methyl sites for hydroxylation is 1. The Kier molecular flexibility index (Phi) is 3.76. The van der Waals surface area contributed by atoms with E-state index in [-0.39, 0.29) is 17.9 Å².